The SMILES string of the molecule is CCCN(CCC)c1cc(N=Nc2ccc(C)cc2)c(O)c2cc3ccccc3cc12. The molecule has 158 valence electrons. The highest BCUT2D eigenvalue weighted by Crippen LogP contribution is 2.43. The first-order valence-electron chi connectivity index (χ1n) is 11.0. The molecule has 0 saturated carbocycles. The summed E-state index contributed by atoms with van der Waals surface area (Å²) in [5.74, 6) is 0.174. The van der Waals surface area contributed by atoms with Crippen molar-refractivity contribution in [3.63, 3.8) is 0 Å². The summed E-state index contributed by atoms with van der Waals surface area (Å²) in [6.07, 6.45) is 2.10. The fourth-order valence-corrected chi connectivity index (χ4v) is 4.02. The van der Waals surface area contributed by atoms with E-state index < -0.39 is 0 Å². The summed E-state index contributed by atoms with van der Waals surface area (Å²) in [6, 6.07) is 22.4. The van der Waals surface area contributed by atoms with Gasteiger partial charge in [-0.15, -0.1) is 5.11 Å². The van der Waals surface area contributed by atoms with Crippen molar-refractivity contribution in [1.82, 2.24) is 0 Å². The van der Waals surface area contributed by atoms with E-state index in [-0.39, 0.29) is 5.75 Å². The minimum Gasteiger partial charge on any atom is -0.505 e. The van der Waals surface area contributed by atoms with E-state index in [0.29, 0.717) is 5.69 Å². The quantitative estimate of drug-likeness (QED) is 0.247. The monoisotopic (exact) mass is 411 g/mol. The van der Waals surface area contributed by atoms with Gasteiger partial charge in [0.05, 0.1) is 5.69 Å². The lowest BCUT2D eigenvalue weighted by atomic mass is 10.00. The Kier molecular flexibility index (Phi) is 6.17. The lowest BCUT2D eigenvalue weighted by Crippen LogP contribution is -2.25. The average molecular weight is 412 g/mol. The molecule has 0 atom stereocenters. The van der Waals surface area contributed by atoms with Crippen LogP contribution in [0.5, 0.6) is 5.75 Å². The lowest BCUT2D eigenvalue weighted by molar-refractivity contribution is 0.482. The zero-order valence-corrected chi connectivity index (χ0v) is 18.5. The number of rotatable bonds is 7. The van der Waals surface area contributed by atoms with Crippen molar-refractivity contribution in [2.24, 2.45) is 10.2 Å². The van der Waals surface area contributed by atoms with Crippen molar-refractivity contribution in [2.75, 3.05) is 18.0 Å². The maximum atomic E-state index is 11.1. The van der Waals surface area contributed by atoms with E-state index in [2.05, 4.69) is 53.2 Å². The fourth-order valence-electron chi connectivity index (χ4n) is 4.02. The first-order chi connectivity index (χ1) is 15.1. The Hall–Kier alpha value is -3.40. The summed E-state index contributed by atoms with van der Waals surface area (Å²) in [5, 5.41) is 24.1. The van der Waals surface area contributed by atoms with Crippen molar-refractivity contribution in [3.05, 3.63) is 72.3 Å². The van der Waals surface area contributed by atoms with Crippen molar-refractivity contribution in [1.29, 1.82) is 0 Å². The molecule has 0 aliphatic heterocycles. The van der Waals surface area contributed by atoms with E-state index >= 15 is 0 Å². The smallest absolute Gasteiger partial charge is 0.151 e. The van der Waals surface area contributed by atoms with Crippen LogP contribution in [0.1, 0.15) is 32.3 Å². The van der Waals surface area contributed by atoms with Crippen molar-refractivity contribution >= 4 is 38.6 Å². The maximum absolute atomic E-state index is 11.1. The van der Waals surface area contributed by atoms with Gasteiger partial charge in [-0.2, -0.15) is 5.11 Å². The molecular formula is C27H29N3O. The van der Waals surface area contributed by atoms with Gasteiger partial charge in [0.15, 0.2) is 5.75 Å². The summed E-state index contributed by atoms with van der Waals surface area (Å²) in [4.78, 5) is 2.39. The number of benzene rings is 4. The maximum Gasteiger partial charge on any atom is 0.151 e. The number of hydrogen-bond acceptors (Lipinski definition) is 4. The number of aromatic hydroxyl groups is 1. The number of aryl methyl sites for hydroxylation is 1. The van der Waals surface area contributed by atoms with Crippen LogP contribution >= 0.6 is 0 Å². The van der Waals surface area contributed by atoms with Crippen LogP contribution < -0.4 is 4.90 Å². The van der Waals surface area contributed by atoms with Crippen LogP contribution in [0.4, 0.5) is 17.1 Å². The molecule has 0 heterocycles. The Morgan fingerprint density at radius 3 is 2.00 bits per heavy atom. The molecule has 4 heteroatoms. The summed E-state index contributed by atoms with van der Waals surface area (Å²) >= 11 is 0. The van der Waals surface area contributed by atoms with E-state index in [1.807, 2.05) is 49.4 Å². The molecule has 4 rings (SSSR count). The first kappa shape index (κ1) is 20.9. The van der Waals surface area contributed by atoms with E-state index in [1.165, 1.54) is 5.56 Å². The number of fused-ring (bicyclic) bond motifs is 2. The third-order valence-electron chi connectivity index (χ3n) is 5.57. The fraction of sp³-hybridized carbons (Fsp3) is 0.259. The number of anilines is 1. The summed E-state index contributed by atoms with van der Waals surface area (Å²) < 4.78 is 0. The summed E-state index contributed by atoms with van der Waals surface area (Å²) in [6.45, 7) is 8.34. The van der Waals surface area contributed by atoms with Crippen LogP contribution in [0.15, 0.2) is 77.0 Å². The van der Waals surface area contributed by atoms with Crippen LogP contribution in [0.3, 0.4) is 0 Å². The molecule has 0 spiro atoms. The Balaban J connectivity index is 1.92. The van der Waals surface area contributed by atoms with Crippen molar-refractivity contribution in [3.8, 4) is 5.75 Å². The topological polar surface area (TPSA) is 48.2 Å². The molecule has 0 aromatic heterocycles. The van der Waals surface area contributed by atoms with Crippen LogP contribution in [0.2, 0.25) is 0 Å². The number of hydrogen-bond donors (Lipinski definition) is 1. The molecular weight excluding hydrogens is 382 g/mol. The molecule has 4 aromatic carbocycles. The molecule has 0 aliphatic rings. The molecule has 1 N–H and O–H groups in total. The number of phenols is 1. The molecule has 0 unspecified atom stereocenters. The van der Waals surface area contributed by atoms with Gasteiger partial charge in [0.25, 0.3) is 0 Å². The lowest BCUT2D eigenvalue weighted by Gasteiger charge is -2.26. The Labute approximate surface area is 183 Å². The van der Waals surface area contributed by atoms with Gasteiger partial charge in [-0.1, -0.05) is 55.8 Å². The third-order valence-corrected chi connectivity index (χ3v) is 5.57. The second-order valence-electron chi connectivity index (χ2n) is 8.03. The number of nitrogens with zero attached hydrogens (tertiary/aromatic N) is 3. The van der Waals surface area contributed by atoms with E-state index in [1.54, 1.807) is 0 Å². The van der Waals surface area contributed by atoms with Gasteiger partial charge in [0.1, 0.15) is 5.69 Å². The van der Waals surface area contributed by atoms with Crippen LogP contribution in [-0.2, 0) is 0 Å². The molecule has 31 heavy (non-hydrogen) atoms. The van der Waals surface area contributed by atoms with Gasteiger partial charge < -0.3 is 10.0 Å². The zero-order chi connectivity index (χ0) is 21.8. The van der Waals surface area contributed by atoms with Crippen molar-refractivity contribution in [2.45, 2.75) is 33.6 Å². The number of phenolic OH excluding ortho intramolecular Hbond substituents is 1. The van der Waals surface area contributed by atoms with Crippen LogP contribution in [0.25, 0.3) is 21.5 Å². The van der Waals surface area contributed by atoms with Gasteiger partial charge >= 0.3 is 0 Å². The van der Waals surface area contributed by atoms with Crippen molar-refractivity contribution < 1.29 is 5.11 Å². The highest BCUT2D eigenvalue weighted by Gasteiger charge is 2.16. The van der Waals surface area contributed by atoms with Crippen LogP contribution in [-0.4, -0.2) is 18.2 Å². The Morgan fingerprint density at radius 1 is 0.774 bits per heavy atom. The largest absolute Gasteiger partial charge is 0.505 e. The van der Waals surface area contributed by atoms with Gasteiger partial charge in [-0.25, -0.2) is 0 Å². The first-order valence-corrected chi connectivity index (χ1v) is 11.0. The third kappa shape index (κ3) is 4.38. The normalized spacial score (nSPS) is 11.6. The molecule has 4 nitrogen and oxygen atoms in total. The zero-order valence-electron chi connectivity index (χ0n) is 18.5. The van der Waals surface area contributed by atoms with E-state index in [4.69, 9.17) is 0 Å². The Morgan fingerprint density at radius 2 is 1.39 bits per heavy atom. The highest BCUT2D eigenvalue weighted by atomic mass is 16.3. The molecule has 4 aromatic rings. The predicted octanol–water partition coefficient (Wildman–Crippen LogP) is 8.05. The van der Waals surface area contributed by atoms with E-state index in [9.17, 15) is 5.11 Å². The molecule has 0 amide bonds. The second kappa shape index (κ2) is 9.17. The van der Waals surface area contributed by atoms with Crippen LogP contribution in [0, 0.1) is 6.92 Å². The highest BCUT2D eigenvalue weighted by molar-refractivity contribution is 6.08. The van der Waals surface area contributed by atoms with Gasteiger partial charge in [0.2, 0.25) is 0 Å². The van der Waals surface area contributed by atoms with Gasteiger partial charge in [0, 0.05) is 29.5 Å². The van der Waals surface area contributed by atoms with Gasteiger partial charge in [-0.05, 0) is 60.9 Å². The summed E-state index contributed by atoms with van der Waals surface area (Å²) in [5.41, 5.74) is 3.54. The molecule has 0 aliphatic carbocycles. The summed E-state index contributed by atoms with van der Waals surface area (Å²) in [7, 11) is 0. The van der Waals surface area contributed by atoms with E-state index in [0.717, 1.165) is 58.9 Å². The minimum atomic E-state index is 0.174. The second-order valence-corrected chi connectivity index (χ2v) is 8.03. The molecule has 0 bridgehead atoms. The molecule has 0 fully saturated rings. The van der Waals surface area contributed by atoms with Gasteiger partial charge in [-0.3, -0.25) is 0 Å². The average Bonchev–Trinajstić information content (AvgIpc) is 2.79. The molecule has 0 radical (unpaired) electrons. The standard InChI is InChI=1S/C27H29N3O/c1-4-14-30(15-5-2)26-18-25(29-28-22-12-10-19(3)11-13-22)27(31)24-17-21-9-7-6-8-20(21)16-23(24)26/h6-13,16-18,31H,4-5,14-15H2,1-3H3. The number of azo groups is 1. The predicted molar refractivity (Wildman–Crippen MR) is 131 cm³/mol. The minimum absolute atomic E-state index is 0.174. The molecule has 0 saturated heterocycles. The Bertz CT molecular complexity index is 1220.